The Morgan fingerprint density at radius 3 is 2.52 bits per heavy atom. The zero-order chi connectivity index (χ0) is 15.8. The van der Waals surface area contributed by atoms with Crippen LogP contribution in [-0.2, 0) is 16.1 Å². The molecule has 21 heavy (non-hydrogen) atoms. The summed E-state index contributed by atoms with van der Waals surface area (Å²) in [5.41, 5.74) is 0.819. The molecule has 0 radical (unpaired) electrons. The van der Waals surface area contributed by atoms with Gasteiger partial charge in [-0.15, -0.1) is 0 Å². The minimum Gasteiger partial charge on any atom is -0.493 e. The molecular weight excluding hydrogens is 284 g/mol. The van der Waals surface area contributed by atoms with E-state index in [-0.39, 0.29) is 24.0 Å². The first-order valence-electron chi connectivity index (χ1n) is 6.41. The summed E-state index contributed by atoms with van der Waals surface area (Å²) in [5.74, 6) is -0.129. The first-order chi connectivity index (χ1) is 9.99. The molecule has 0 saturated heterocycles. The molecular formula is C14H19F2NO4. The second-order valence-electron chi connectivity index (χ2n) is 4.24. The molecule has 0 aliphatic carbocycles. The highest BCUT2D eigenvalue weighted by Gasteiger charge is 2.14. The molecule has 1 aromatic carbocycles. The Kier molecular flexibility index (Phi) is 6.87. The molecule has 0 atom stereocenters. The standard InChI is InChI=1S/C14H19F2NO4/c1-4-17(9-13(18)20-3)8-10-5-6-11(21-14(15)16)12(7-10)19-2/h5-7,14H,4,8-9H2,1-3H3. The number of methoxy groups -OCH3 is 2. The molecule has 5 nitrogen and oxygen atoms in total. The van der Waals surface area contributed by atoms with Crippen LogP contribution >= 0.6 is 0 Å². The van der Waals surface area contributed by atoms with Crippen LogP contribution in [-0.4, -0.2) is 44.8 Å². The van der Waals surface area contributed by atoms with Gasteiger partial charge in [0.05, 0.1) is 20.8 Å². The van der Waals surface area contributed by atoms with E-state index in [1.807, 2.05) is 11.8 Å². The van der Waals surface area contributed by atoms with Crippen LogP contribution in [0.1, 0.15) is 12.5 Å². The highest BCUT2D eigenvalue weighted by Crippen LogP contribution is 2.29. The topological polar surface area (TPSA) is 48.0 Å². The van der Waals surface area contributed by atoms with Crippen LogP contribution in [0.3, 0.4) is 0 Å². The average molecular weight is 303 g/mol. The molecule has 0 fully saturated rings. The van der Waals surface area contributed by atoms with Crippen molar-refractivity contribution in [2.45, 2.75) is 20.1 Å². The van der Waals surface area contributed by atoms with Gasteiger partial charge in [0, 0.05) is 6.54 Å². The van der Waals surface area contributed by atoms with Gasteiger partial charge in [-0.25, -0.2) is 0 Å². The van der Waals surface area contributed by atoms with E-state index in [0.717, 1.165) is 5.56 Å². The van der Waals surface area contributed by atoms with Crippen LogP contribution in [0.15, 0.2) is 18.2 Å². The van der Waals surface area contributed by atoms with Crippen molar-refractivity contribution in [1.29, 1.82) is 0 Å². The number of ether oxygens (including phenoxy) is 3. The first-order valence-corrected chi connectivity index (χ1v) is 6.41. The number of carbonyl (C=O) groups is 1. The SMILES string of the molecule is CCN(CC(=O)OC)Cc1ccc(OC(F)F)c(OC)c1. The second kappa shape index (κ2) is 8.41. The number of benzene rings is 1. The molecule has 0 aromatic heterocycles. The lowest BCUT2D eigenvalue weighted by Gasteiger charge is -2.19. The van der Waals surface area contributed by atoms with Crippen molar-refractivity contribution in [3.8, 4) is 11.5 Å². The molecule has 0 amide bonds. The number of rotatable bonds is 8. The van der Waals surface area contributed by atoms with Crippen molar-refractivity contribution in [3.63, 3.8) is 0 Å². The number of hydrogen-bond acceptors (Lipinski definition) is 5. The van der Waals surface area contributed by atoms with Crippen LogP contribution in [0.4, 0.5) is 8.78 Å². The van der Waals surface area contributed by atoms with Gasteiger partial charge in [-0.1, -0.05) is 13.0 Å². The van der Waals surface area contributed by atoms with E-state index in [0.29, 0.717) is 13.1 Å². The Bertz CT molecular complexity index is 468. The van der Waals surface area contributed by atoms with E-state index in [4.69, 9.17) is 4.74 Å². The van der Waals surface area contributed by atoms with Crippen LogP contribution in [0, 0.1) is 0 Å². The predicted octanol–water partition coefficient (Wildman–Crippen LogP) is 2.29. The lowest BCUT2D eigenvalue weighted by Crippen LogP contribution is -2.29. The average Bonchev–Trinajstić information content (AvgIpc) is 2.47. The summed E-state index contributed by atoms with van der Waals surface area (Å²) in [7, 11) is 2.71. The van der Waals surface area contributed by atoms with E-state index >= 15 is 0 Å². The van der Waals surface area contributed by atoms with Gasteiger partial charge in [0.15, 0.2) is 11.5 Å². The van der Waals surface area contributed by atoms with Gasteiger partial charge in [0.25, 0.3) is 0 Å². The number of esters is 1. The van der Waals surface area contributed by atoms with Crippen molar-refractivity contribution < 1.29 is 27.8 Å². The molecule has 0 aliphatic heterocycles. The van der Waals surface area contributed by atoms with E-state index in [9.17, 15) is 13.6 Å². The summed E-state index contributed by atoms with van der Waals surface area (Å²) in [4.78, 5) is 13.1. The van der Waals surface area contributed by atoms with Crippen LogP contribution in [0.5, 0.6) is 11.5 Å². The number of halogens is 2. The Morgan fingerprint density at radius 1 is 1.29 bits per heavy atom. The molecule has 0 bridgehead atoms. The third kappa shape index (κ3) is 5.55. The molecule has 7 heteroatoms. The third-order valence-electron chi connectivity index (χ3n) is 2.88. The van der Waals surface area contributed by atoms with Gasteiger partial charge < -0.3 is 14.2 Å². The number of alkyl halides is 2. The third-order valence-corrected chi connectivity index (χ3v) is 2.88. The van der Waals surface area contributed by atoms with Gasteiger partial charge in [-0.2, -0.15) is 8.78 Å². The predicted molar refractivity (Wildman–Crippen MR) is 72.6 cm³/mol. The maximum Gasteiger partial charge on any atom is 0.387 e. The molecule has 1 aromatic rings. The molecule has 0 saturated carbocycles. The monoisotopic (exact) mass is 303 g/mol. The maximum absolute atomic E-state index is 12.2. The second-order valence-corrected chi connectivity index (χ2v) is 4.24. The van der Waals surface area contributed by atoms with Crippen LogP contribution in [0.25, 0.3) is 0 Å². The smallest absolute Gasteiger partial charge is 0.387 e. The fourth-order valence-corrected chi connectivity index (χ4v) is 1.79. The minimum absolute atomic E-state index is 0.0210. The summed E-state index contributed by atoms with van der Waals surface area (Å²) in [6, 6.07) is 4.68. The van der Waals surface area contributed by atoms with Crippen molar-refractivity contribution in [2.75, 3.05) is 27.3 Å². The summed E-state index contributed by atoms with van der Waals surface area (Å²) in [6.45, 7) is 0.277. The van der Waals surface area contributed by atoms with Crippen LogP contribution < -0.4 is 9.47 Å². The lowest BCUT2D eigenvalue weighted by atomic mass is 10.2. The van der Waals surface area contributed by atoms with Gasteiger partial charge >= 0.3 is 12.6 Å². The highest BCUT2D eigenvalue weighted by molar-refractivity contribution is 5.71. The van der Waals surface area contributed by atoms with Crippen molar-refractivity contribution in [2.24, 2.45) is 0 Å². The Balaban J connectivity index is 2.81. The quantitative estimate of drug-likeness (QED) is 0.690. The fourth-order valence-electron chi connectivity index (χ4n) is 1.79. The van der Waals surface area contributed by atoms with Gasteiger partial charge in [0.1, 0.15) is 0 Å². The zero-order valence-corrected chi connectivity index (χ0v) is 12.3. The van der Waals surface area contributed by atoms with Gasteiger partial charge in [0.2, 0.25) is 0 Å². The minimum atomic E-state index is -2.91. The number of carbonyl (C=O) groups excluding carboxylic acids is 1. The highest BCUT2D eigenvalue weighted by atomic mass is 19.3. The van der Waals surface area contributed by atoms with Gasteiger partial charge in [-0.05, 0) is 24.2 Å². The van der Waals surface area contributed by atoms with Gasteiger partial charge in [-0.3, -0.25) is 9.69 Å². The zero-order valence-electron chi connectivity index (χ0n) is 12.3. The number of nitrogens with zero attached hydrogens (tertiary/aromatic N) is 1. The first kappa shape index (κ1) is 17.2. The van der Waals surface area contributed by atoms with Crippen molar-refractivity contribution in [1.82, 2.24) is 4.90 Å². The fraction of sp³-hybridized carbons (Fsp3) is 0.500. The molecule has 0 unspecified atom stereocenters. The van der Waals surface area contributed by atoms with Crippen molar-refractivity contribution >= 4 is 5.97 Å². The Hall–Kier alpha value is -1.89. The summed E-state index contributed by atoms with van der Waals surface area (Å²) >= 11 is 0. The van der Waals surface area contributed by atoms with E-state index in [1.54, 1.807) is 12.1 Å². The van der Waals surface area contributed by atoms with Crippen molar-refractivity contribution in [3.05, 3.63) is 23.8 Å². The normalized spacial score (nSPS) is 10.8. The lowest BCUT2D eigenvalue weighted by molar-refractivity contribution is -0.142. The van der Waals surface area contributed by atoms with Crippen LogP contribution in [0.2, 0.25) is 0 Å². The number of likely N-dealkylation sites (N-methyl/N-ethyl adjacent to an activating group) is 1. The molecule has 0 spiro atoms. The maximum atomic E-state index is 12.2. The molecule has 118 valence electrons. The molecule has 0 N–H and O–H groups in total. The molecule has 0 aliphatic rings. The largest absolute Gasteiger partial charge is 0.493 e. The Labute approximate surface area is 122 Å². The van der Waals surface area contributed by atoms with E-state index < -0.39 is 6.61 Å². The molecule has 0 heterocycles. The van der Waals surface area contributed by atoms with E-state index in [2.05, 4.69) is 9.47 Å². The summed E-state index contributed by atoms with van der Waals surface area (Å²) in [6.07, 6.45) is 0. The summed E-state index contributed by atoms with van der Waals surface area (Å²) in [5, 5.41) is 0. The Morgan fingerprint density at radius 2 is 2.00 bits per heavy atom. The summed E-state index contributed by atoms with van der Waals surface area (Å²) < 4.78 is 38.5. The molecule has 1 rings (SSSR count). The number of hydrogen-bond donors (Lipinski definition) is 0. The van der Waals surface area contributed by atoms with E-state index in [1.165, 1.54) is 20.3 Å².